The van der Waals surface area contributed by atoms with Crippen LogP contribution in [0.2, 0.25) is 0 Å². The van der Waals surface area contributed by atoms with E-state index in [0.717, 1.165) is 29.0 Å². The van der Waals surface area contributed by atoms with Crippen LogP contribution in [0.4, 0.5) is 0 Å². The number of nitrogens with zero attached hydrogens (tertiary/aromatic N) is 2. The van der Waals surface area contributed by atoms with Crippen LogP contribution in [0.15, 0.2) is 6.07 Å². The molecule has 2 aliphatic heterocycles. The van der Waals surface area contributed by atoms with Gasteiger partial charge in [0, 0.05) is 23.7 Å². The van der Waals surface area contributed by atoms with Crippen LogP contribution in [0.25, 0.3) is 0 Å². The van der Waals surface area contributed by atoms with Gasteiger partial charge in [-0.15, -0.1) is 0 Å². The van der Waals surface area contributed by atoms with Crippen molar-refractivity contribution in [3.8, 4) is 0 Å². The third kappa shape index (κ3) is 2.12. The standard InChI is InChI=1S/C14H21N3S/c1-3-10-8-13(18)16-14(15-10)9-6-11-4-5-12(7-9)17(11)2/h8-9,11-12H,3-7H2,1-2H3,(H,15,16,18). The highest BCUT2D eigenvalue weighted by Crippen LogP contribution is 2.41. The van der Waals surface area contributed by atoms with Gasteiger partial charge in [-0.25, -0.2) is 4.98 Å². The number of H-pyrrole nitrogens is 1. The lowest BCUT2D eigenvalue weighted by Gasteiger charge is -2.35. The molecule has 2 saturated heterocycles. The fraction of sp³-hybridized carbons (Fsp3) is 0.714. The van der Waals surface area contributed by atoms with E-state index in [-0.39, 0.29) is 0 Å². The van der Waals surface area contributed by atoms with Gasteiger partial charge in [-0.05, 0) is 45.2 Å². The Kier molecular flexibility index (Phi) is 3.24. The molecule has 2 fully saturated rings. The summed E-state index contributed by atoms with van der Waals surface area (Å²) in [5, 5.41) is 0. The van der Waals surface area contributed by atoms with Crippen molar-refractivity contribution < 1.29 is 0 Å². The number of hydrogen-bond acceptors (Lipinski definition) is 3. The molecule has 3 heterocycles. The lowest BCUT2D eigenvalue weighted by Crippen LogP contribution is -2.39. The Morgan fingerprint density at radius 2 is 2.06 bits per heavy atom. The summed E-state index contributed by atoms with van der Waals surface area (Å²) in [4.78, 5) is 10.6. The molecule has 3 nitrogen and oxygen atoms in total. The van der Waals surface area contributed by atoms with Gasteiger partial charge in [-0.1, -0.05) is 19.1 Å². The third-order valence-corrected chi connectivity index (χ3v) is 4.89. The Morgan fingerprint density at radius 1 is 1.39 bits per heavy atom. The number of piperidine rings is 1. The minimum atomic E-state index is 0.576. The predicted octanol–water partition coefficient (Wildman–Crippen LogP) is 3.04. The quantitative estimate of drug-likeness (QED) is 0.832. The molecule has 0 saturated carbocycles. The highest BCUT2D eigenvalue weighted by Gasteiger charge is 2.39. The smallest absolute Gasteiger partial charge is 0.129 e. The van der Waals surface area contributed by atoms with Crippen LogP contribution in [0, 0.1) is 4.64 Å². The highest BCUT2D eigenvalue weighted by atomic mass is 32.1. The monoisotopic (exact) mass is 263 g/mol. The number of hydrogen-bond donors (Lipinski definition) is 1. The van der Waals surface area contributed by atoms with Gasteiger partial charge in [0.15, 0.2) is 0 Å². The maximum atomic E-state index is 5.28. The molecule has 1 aromatic heterocycles. The molecule has 2 bridgehead atoms. The van der Waals surface area contributed by atoms with Gasteiger partial charge in [0.2, 0.25) is 0 Å². The van der Waals surface area contributed by atoms with Crippen molar-refractivity contribution in [1.82, 2.24) is 14.9 Å². The van der Waals surface area contributed by atoms with Crippen molar-refractivity contribution in [2.24, 2.45) is 0 Å². The molecule has 2 aliphatic rings. The molecular weight excluding hydrogens is 242 g/mol. The first-order valence-corrected chi connectivity index (χ1v) is 7.40. The van der Waals surface area contributed by atoms with Crippen LogP contribution in [0.1, 0.15) is 50.0 Å². The van der Waals surface area contributed by atoms with E-state index in [1.165, 1.54) is 31.4 Å². The molecule has 98 valence electrons. The second-order valence-electron chi connectivity index (χ2n) is 5.70. The van der Waals surface area contributed by atoms with Gasteiger partial charge in [0.1, 0.15) is 10.5 Å². The van der Waals surface area contributed by atoms with Gasteiger partial charge >= 0.3 is 0 Å². The lowest BCUT2D eigenvalue weighted by atomic mass is 9.90. The summed E-state index contributed by atoms with van der Waals surface area (Å²) < 4.78 is 0.742. The average Bonchev–Trinajstić information content (AvgIpc) is 2.60. The zero-order valence-electron chi connectivity index (χ0n) is 11.1. The highest BCUT2D eigenvalue weighted by molar-refractivity contribution is 7.71. The van der Waals surface area contributed by atoms with Crippen molar-refractivity contribution in [3.05, 3.63) is 22.2 Å². The molecule has 3 rings (SSSR count). The van der Waals surface area contributed by atoms with Crippen LogP contribution in [0.5, 0.6) is 0 Å². The number of aromatic nitrogens is 2. The third-order valence-electron chi connectivity index (χ3n) is 4.68. The van der Waals surface area contributed by atoms with Crippen LogP contribution in [-0.2, 0) is 6.42 Å². The van der Waals surface area contributed by atoms with E-state index in [4.69, 9.17) is 12.2 Å². The summed E-state index contributed by atoms with van der Waals surface area (Å²) in [5.41, 5.74) is 1.22. The summed E-state index contributed by atoms with van der Waals surface area (Å²) in [6, 6.07) is 3.49. The molecule has 18 heavy (non-hydrogen) atoms. The van der Waals surface area contributed by atoms with E-state index in [0.29, 0.717) is 5.92 Å². The van der Waals surface area contributed by atoms with Gasteiger partial charge in [0.05, 0.1) is 0 Å². The van der Waals surface area contributed by atoms with Crippen LogP contribution >= 0.6 is 12.2 Å². The Morgan fingerprint density at radius 3 is 2.67 bits per heavy atom. The minimum absolute atomic E-state index is 0.576. The van der Waals surface area contributed by atoms with Gasteiger partial charge in [-0.2, -0.15) is 0 Å². The largest absolute Gasteiger partial charge is 0.347 e. The fourth-order valence-corrected chi connectivity index (χ4v) is 3.79. The van der Waals surface area contributed by atoms with Crippen LogP contribution in [0.3, 0.4) is 0 Å². The van der Waals surface area contributed by atoms with E-state index >= 15 is 0 Å². The molecule has 0 amide bonds. The molecule has 0 radical (unpaired) electrons. The summed E-state index contributed by atoms with van der Waals surface area (Å²) in [6.45, 7) is 2.16. The van der Waals surface area contributed by atoms with Crippen molar-refractivity contribution in [3.63, 3.8) is 0 Å². The van der Waals surface area contributed by atoms with Crippen LogP contribution in [-0.4, -0.2) is 34.0 Å². The second-order valence-corrected chi connectivity index (χ2v) is 6.12. The number of fused-ring (bicyclic) bond motifs is 2. The number of rotatable bonds is 2. The first-order valence-electron chi connectivity index (χ1n) is 6.99. The van der Waals surface area contributed by atoms with Crippen molar-refractivity contribution in [2.75, 3.05) is 7.05 Å². The van der Waals surface area contributed by atoms with Crippen molar-refractivity contribution in [2.45, 2.75) is 57.0 Å². The van der Waals surface area contributed by atoms with E-state index < -0.39 is 0 Å². The molecule has 4 heteroatoms. The summed E-state index contributed by atoms with van der Waals surface area (Å²) in [7, 11) is 2.27. The molecule has 1 N–H and O–H groups in total. The van der Waals surface area contributed by atoms with Crippen LogP contribution < -0.4 is 0 Å². The number of aromatic amines is 1. The lowest BCUT2D eigenvalue weighted by molar-refractivity contribution is 0.158. The number of nitrogens with one attached hydrogen (secondary N) is 1. The minimum Gasteiger partial charge on any atom is -0.347 e. The normalized spacial score (nSPS) is 31.8. The maximum absolute atomic E-state index is 5.28. The van der Waals surface area contributed by atoms with Crippen molar-refractivity contribution in [1.29, 1.82) is 0 Å². The topological polar surface area (TPSA) is 31.9 Å². The Labute approximate surface area is 114 Å². The van der Waals surface area contributed by atoms with E-state index in [2.05, 4.69) is 28.8 Å². The van der Waals surface area contributed by atoms with Crippen molar-refractivity contribution >= 4 is 12.2 Å². The van der Waals surface area contributed by atoms with E-state index in [1.807, 2.05) is 6.07 Å². The maximum Gasteiger partial charge on any atom is 0.129 e. The Balaban J connectivity index is 1.88. The fourth-order valence-electron chi connectivity index (χ4n) is 3.55. The van der Waals surface area contributed by atoms with E-state index in [9.17, 15) is 0 Å². The molecule has 0 aromatic carbocycles. The zero-order chi connectivity index (χ0) is 12.7. The number of aryl methyl sites for hydroxylation is 1. The summed E-state index contributed by atoms with van der Waals surface area (Å²) in [5.74, 6) is 1.70. The molecule has 2 unspecified atom stereocenters. The zero-order valence-corrected chi connectivity index (χ0v) is 12.0. The molecule has 0 aliphatic carbocycles. The average molecular weight is 263 g/mol. The van der Waals surface area contributed by atoms with Gasteiger partial charge in [-0.3, -0.25) is 0 Å². The van der Waals surface area contributed by atoms with Gasteiger partial charge < -0.3 is 9.88 Å². The molecule has 2 atom stereocenters. The molecule has 0 spiro atoms. The molecular formula is C14H21N3S. The summed E-state index contributed by atoms with van der Waals surface area (Å²) in [6.07, 6.45) is 6.17. The first kappa shape index (κ1) is 12.3. The molecule has 1 aromatic rings. The first-order chi connectivity index (χ1) is 8.67. The predicted molar refractivity (Wildman–Crippen MR) is 75.3 cm³/mol. The summed E-state index contributed by atoms with van der Waals surface area (Å²) >= 11 is 5.28. The Bertz CT molecular complexity index is 482. The second kappa shape index (κ2) is 4.74. The van der Waals surface area contributed by atoms with E-state index in [1.54, 1.807) is 0 Å². The van der Waals surface area contributed by atoms with Gasteiger partial charge in [0.25, 0.3) is 0 Å². The SMILES string of the molecule is CCc1cc(=S)nc(C2CC3CCC(C2)N3C)[nH]1. The Hall–Kier alpha value is -0.740.